The standard InChI is InChI=1S/C16H17N3O3S2/c1-3-10-18-12-7-4-5-9-14(12)23-16(18)17-15(20)13-8-6-11-19(13)24(2,21)22/h1,4-5,7,9,13H,6,8,10-11H2,2H3. The van der Waals surface area contributed by atoms with Gasteiger partial charge in [-0.1, -0.05) is 29.4 Å². The Balaban J connectivity index is 2.05. The van der Waals surface area contributed by atoms with E-state index in [0.717, 1.165) is 16.5 Å². The number of para-hydroxylation sites is 1. The van der Waals surface area contributed by atoms with E-state index < -0.39 is 22.0 Å². The van der Waals surface area contributed by atoms with Crippen LogP contribution in [0.4, 0.5) is 0 Å². The molecule has 6 nitrogen and oxygen atoms in total. The van der Waals surface area contributed by atoms with E-state index in [4.69, 9.17) is 6.42 Å². The first kappa shape index (κ1) is 16.9. The average molecular weight is 363 g/mol. The quantitative estimate of drug-likeness (QED) is 0.769. The first-order valence-corrected chi connectivity index (χ1v) is 10.2. The fourth-order valence-corrected chi connectivity index (χ4v) is 5.06. The highest BCUT2D eigenvalue weighted by molar-refractivity contribution is 7.88. The van der Waals surface area contributed by atoms with E-state index in [1.807, 2.05) is 24.3 Å². The molecule has 1 atom stereocenters. The van der Waals surface area contributed by atoms with Crippen molar-refractivity contribution >= 4 is 37.5 Å². The van der Waals surface area contributed by atoms with E-state index in [-0.39, 0.29) is 0 Å². The van der Waals surface area contributed by atoms with E-state index >= 15 is 0 Å². The van der Waals surface area contributed by atoms with Gasteiger partial charge in [0.2, 0.25) is 10.0 Å². The van der Waals surface area contributed by atoms with Gasteiger partial charge in [0.05, 0.1) is 23.0 Å². The Morgan fingerprint density at radius 2 is 2.21 bits per heavy atom. The summed E-state index contributed by atoms with van der Waals surface area (Å²) in [6.45, 7) is 0.665. The van der Waals surface area contributed by atoms with Gasteiger partial charge in [-0.25, -0.2) is 8.42 Å². The summed E-state index contributed by atoms with van der Waals surface area (Å²) in [5.41, 5.74) is 0.915. The van der Waals surface area contributed by atoms with Crippen LogP contribution in [0.15, 0.2) is 29.3 Å². The molecule has 0 bridgehead atoms. The van der Waals surface area contributed by atoms with Gasteiger partial charge in [0.1, 0.15) is 6.04 Å². The summed E-state index contributed by atoms with van der Waals surface area (Å²) in [7, 11) is -3.42. The second-order valence-electron chi connectivity index (χ2n) is 5.62. The van der Waals surface area contributed by atoms with Crippen LogP contribution >= 0.6 is 11.3 Å². The molecule has 2 aromatic rings. The number of nitrogens with zero attached hydrogens (tertiary/aromatic N) is 3. The zero-order chi connectivity index (χ0) is 17.3. The number of carbonyl (C=O) groups excluding carboxylic acids is 1. The summed E-state index contributed by atoms with van der Waals surface area (Å²) in [5.74, 6) is 2.14. The van der Waals surface area contributed by atoms with Crippen LogP contribution in [-0.4, -0.2) is 42.0 Å². The molecule has 0 radical (unpaired) electrons. The fourth-order valence-electron chi connectivity index (χ4n) is 2.90. The molecule has 0 aliphatic carbocycles. The topological polar surface area (TPSA) is 71.7 Å². The molecule has 2 heterocycles. The summed E-state index contributed by atoms with van der Waals surface area (Å²) < 4.78 is 27.6. The minimum atomic E-state index is -3.42. The van der Waals surface area contributed by atoms with Gasteiger partial charge in [-0.15, -0.1) is 6.42 Å². The lowest BCUT2D eigenvalue weighted by Gasteiger charge is -2.18. The number of carbonyl (C=O) groups is 1. The maximum absolute atomic E-state index is 12.6. The molecule has 1 aliphatic rings. The zero-order valence-corrected chi connectivity index (χ0v) is 14.8. The van der Waals surface area contributed by atoms with Gasteiger partial charge in [0.25, 0.3) is 5.91 Å². The Morgan fingerprint density at radius 1 is 1.46 bits per heavy atom. The Kier molecular flexibility index (Phi) is 4.58. The van der Waals surface area contributed by atoms with Crippen molar-refractivity contribution in [2.45, 2.75) is 25.4 Å². The molecule has 1 amide bonds. The van der Waals surface area contributed by atoms with Gasteiger partial charge < -0.3 is 4.57 Å². The Bertz CT molecular complexity index is 995. The molecule has 0 spiro atoms. The van der Waals surface area contributed by atoms with Gasteiger partial charge in [-0.05, 0) is 25.0 Å². The monoisotopic (exact) mass is 363 g/mol. The summed E-state index contributed by atoms with van der Waals surface area (Å²) in [6.07, 6.45) is 7.71. The fraction of sp³-hybridized carbons (Fsp3) is 0.375. The van der Waals surface area contributed by atoms with Crippen molar-refractivity contribution in [1.29, 1.82) is 0 Å². The number of amides is 1. The molecule has 1 aromatic heterocycles. The van der Waals surface area contributed by atoms with Crippen molar-refractivity contribution < 1.29 is 13.2 Å². The number of hydrogen-bond donors (Lipinski definition) is 0. The summed E-state index contributed by atoms with van der Waals surface area (Å²) in [5, 5.41) is 0. The number of terminal acetylenes is 1. The first-order chi connectivity index (χ1) is 11.4. The summed E-state index contributed by atoms with van der Waals surface area (Å²) in [4.78, 5) is 17.3. The van der Waals surface area contributed by atoms with Gasteiger partial charge in [0.15, 0.2) is 4.80 Å². The lowest BCUT2D eigenvalue weighted by atomic mass is 10.2. The van der Waals surface area contributed by atoms with Gasteiger partial charge >= 0.3 is 0 Å². The molecule has 0 saturated carbocycles. The largest absolute Gasteiger partial charge is 0.305 e. The minimum Gasteiger partial charge on any atom is -0.305 e. The van der Waals surface area contributed by atoms with Crippen molar-refractivity contribution in [3.8, 4) is 12.3 Å². The van der Waals surface area contributed by atoms with Crippen LogP contribution in [-0.2, 0) is 21.4 Å². The minimum absolute atomic E-state index is 0.302. The molecule has 24 heavy (non-hydrogen) atoms. The number of thiazole rings is 1. The predicted octanol–water partition coefficient (Wildman–Crippen LogP) is 1.19. The SMILES string of the molecule is C#CCn1c(=NC(=O)C2CCCN2S(C)(=O)=O)sc2ccccc21. The van der Waals surface area contributed by atoms with Crippen LogP contribution in [0.2, 0.25) is 0 Å². The lowest BCUT2D eigenvalue weighted by Crippen LogP contribution is -2.39. The Labute approximate surface area is 144 Å². The number of sulfonamides is 1. The number of rotatable bonds is 3. The highest BCUT2D eigenvalue weighted by Crippen LogP contribution is 2.22. The van der Waals surface area contributed by atoms with Crippen molar-refractivity contribution in [2.24, 2.45) is 4.99 Å². The number of aromatic nitrogens is 1. The molecule has 1 fully saturated rings. The molecule has 126 valence electrons. The maximum atomic E-state index is 12.6. The van der Waals surface area contributed by atoms with Gasteiger partial charge in [-0.2, -0.15) is 9.30 Å². The average Bonchev–Trinajstić information content (AvgIpc) is 3.13. The van der Waals surface area contributed by atoms with E-state index in [1.165, 1.54) is 15.6 Å². The highest BCUT2D eigenvalue weighted by Gasteiger charge is 2.36. The second kappa shape index (κ2) is 6.51. The summed E-state index contributed by atoms with van der Waals surface area (Å²) >= 11 is 1.37. The highest BCUT2D eigenvalue weighted by atomic mass is 32.2. The van der Waals surface area contributed by atoms with E-state index in [2.05, 4.69) is 10.9 Å². The summed E-state index contributed by atoms with van der Waals surface area (Å²) in [6, 6.07) is 6.95. The maximum Gasteiger partial charge on any atom is 0.266 e. The number of fused-ring (bicyclic) bond motifs is 1. The third-order valence-electron chi connectivity index (χ3n) is 3.96. The molecule has 1 aromatic carbocycles. The van der Waals surface area contributed by atoms with Crippen molar-refractivity contribution in [3.05, 3.63) is 29.1 Å². The van der Waals surface area contributed by atoms with Crippen LogP contribution in [0.1, 0.15) is 12.8 Å². The zero-order valence-electron chi connectivity index (χ0n) is 13.2. The van der Waals surface area contributed by atoms with Crippen molar-refractivity contribution in [1.82, 2.24) is 8.87 Å². The van der Waals surface area contributed by atoms with Crippen LogP contribution in [0.3, 0.4) is 0 Å². The molecule has 1 aliphatic heterocycles. The van der Waals surface area contributed by atoms with Gasteiger partial charge in [-0.3, -0.25) is 4.79 Å². The van der Waals surface area contributed by atoms with Crippen LogP contribution in [0.25, 0.3) is 10.2 Å². The predicted molar refractivity (Wildman–Crippen MR) is 93.8 cm³/mol. The molecule has 1 unspecified atom stereocenters. The second-order valence-corrected chi connectivity index (χ2v) is 8.57. The van der Waals surface area contributed by atoms with Crippen molar-refractivity contribution in [3.63, 3.8) is 0 Å². The van der Waals surface area contributed by atoms with Crippen LogP contribution in [0, 0.1) is 12.3 Å². The third kappa shape index (κ3) is 3.15. The van der Waals surface area contributed by atoms with Crippen LogP contribution in [0.5, 0.6) is 0 Å². The molecular weight excluding hydrogens is 346 g/mol. The molecule has 1 saturated heterocycles. The number of benzene rings is 1. The number of hydrogen-bond acceptors (Lipinski definition) is 4. The van der Waals surface area contributed by atoms with Gasteiger partial charge in [0, 0.05) is 6.54 Å². The molecular formula is C16H17N3O3S2. The molecule has 8 heteroatoms. The third-order valence-corrected chi connectivity index (χ3v) is 6.31. The lowest BCUT2D eigenvalue weighted by molar-refractivity contribution is -0.121. The van der Waals surface area contributed by atoms with E-state index in [9.17, 15) is 13.2 Å². The first-order valence-electron chi connectivity index (χ1n) is 7.49. The Morgan fingerprint density at radius 3 is 2.92 bits per heavy atom. The van der Waals surface area contributed by atoms with E-state index in [0.29, 0.717) is 30.7 Å². The molecule has 3 rings (SSSR count). The molecule has 0 N–H and O–H groups in total. The Hall–Kier alpha value is -1.95. The van der Waals surface area contributed by atoms with Crippen molar-refractivity contribution in [2.75, 3.05) is 12.8 Å². The normalized spacial score (nSPS) is 19.7. The smallest absolute Gasteiger partial charge is 0.266 e. The van der Waals surface area contributed by atoms with E-state index in [1.54, 1.807) is 4.57 Å². The van der Waals surface area contributed by atoms with Crippen LogP contribution < -0.4 is 4.80 Å².